The number of morpholine rings is 1. The van der Waals surface area contributed by atoms with Crippen molar-refractivity contribution >= 4 is 40.9 Å². The second-order valence-electron chi connectivity index (χ2n) is 7.18. The third kappa shape index (κ3) is 5.02. The average molecular weight is 489 g/mol. The van der Waals surface area contributed by atoms with Gasteiger partial charge in [0.25, 0.3) is 0 Å². The molecule has 1 saturated heterocycles. The molecule has 32 heavy (non-hydrogen) atoms. The number of rotatable bonds is 7. The summed E-state index contributed by atoms with van der Waals surface area (Å²) >= 11 is 13.9. The number of halogens is 2. The molecule has 0 radical (unpaired) electrons. The van der Waals surface area contributed by atoms with E-state index in [9.17, 15) is 4.79 Å². The number of benzene rings is 2. The minimum Gasteiger partial charge on any atom is -0.378 e. The van der Waals surface area contributed by atoms with Gasteiger partial charge in [-0.15, -0.1) is 16.8 Å². The van der Waals surface area contributed by atoms with E-state index in [0.29, 0.717) is 59.4 Å². The van der Waals surface area contributed by atoms with Gasteiger partial charge >= 0.3 is 0 Å². The number of hydrogen-bond donors (Lipinski definition) is 0. The molecule has 0 bridgehead atoms. The summed E-state index contributed by atoms with van der Waals surface area (Å²) in [5, 5.41) is 9.97. The monoisotopic (exact) mass is 488 g/mol. The van der Waals surface area contributed by atoms with Crippen molar-refractivity contribution < 1.29 is 9.53 Å². The number of aromatic nitrogens is 3. The van der Waals surface area contributed by atoms with E-state index >= 15 is 0 Å². The summed E-state index contributed by atoms with van der Waals surface area (Å²) in [4.78, 5) is 15.3. The van der Waals surface area contributed by atoms with Crippen LogP contribution in [0.2, 0.25) is 10.0 Å². The largest absolute Gasteiger partial charge is 0.378 e. The highest BCUT2D eigenvalue weighted by atomic mass is 35.5. The second kappa shape index (κ2) is 10.5. The Labute approximate surface area is 201 Å². The first-order valence-electron chi connectivity index (χ1n) is 10.2. The standard InChI is InChI=1S/C23H22Cl2N4O2S/c1-2-10-29-21(18-9-8-17(24)15-19(18)25)26-27-23(29)32-20(16-6-4-3-5-7-16)22(30)28-11-13-31-14-12-28/h2-9,15,20H,1,10-14H2/t20-/m1/s1. The Hall–Kier alpha value is -2.32. The van der Waals surface area contributed by atoms with Crippen molar-refractivity contribution in [3.05, 3.63) is 76.8 Å². The van der Waals surface area contributed by atoms with Crippen LogP contribution in [0.1, 0.15) is 10.8 Å². The number of nitrogens with zero attached hydrogens (tertiary/aromatic N) is 4. The Morgan fingerprint density at radius 1 is 1.16 bits per heavy atom. The topological polar surface area (TPSA) is 60.2 Å². The van der Waals surface area contributed by atoms with Gasteiger partial charge < -0.3 is 9.64 Å². The van der Waals surface area contributed by atoms with Gasteiger partial charge in [0, 0.05) is 30.2 Å². The summed E-state index contributed by atoms with van der Waals surface area (Å²) in [6, 6.07) is 15.0. The molecule has 166 valence electrons. The van der Waals surface area contributed by atoms with E-state index in [1.807, 2.05) is 45.9 Å². The third-order valence-corrected chi connectivity index (χ3v) is 6.84. The Bertz CT molecular complexity index is 1100. The van der Waals surface area contributed by atoms with Crippen LogP contribution in [0.15, 0.2) is 66.3 Å². The van der Waals surface area contributed by atoms with Crippen LogP contribution >= 0.6 is 35.0 Å². The van der Waals surface area contributed by atoms with Crippen LogP contribution in [0.3, 0.4) is 0 Å². The number of carbonyl (C=O) groups excluding carboxylic acids is 1. The molecule has 2 aromatic carbocycles. The lowest BCUT2D eigenvalue weighted by Gasteiger charge is -2.30. The summed E-state index contributed by atoms with van der Waals surface area (Å²) in [6.07, 6.45) is 1.77. The molecule has 0 aliphatic carbocycles. The minimum atomic E-state index is -0.462. The molecule has 1 atom stereocenters. The van der Waals surface area contributed by atoms with E-state index in [1.165, 1.54) is 11.8 Å². The van der Waals surface area contributed by atoms with E-state index in [2.05, 4.69) is 16.8 Å². The van der Waals surface area contributed by atoms with Crippen molar-refractivity contribution in [1.82, 2.24) is 19.7 Å². The number of thioether (sulfide) groups is 1. The van der Waals surface area contributed by atoms with Crippen molar-refractivity contribution in [3.8, 4) is 11.4 Å². The maximum absolute atomic E-state index is 13.5. The van der Waals surface area contributed by atoms with Gasteiger partial charge in [0.2, 0.25) is 5.91 Å². The molecule has 9 heteroatoms. The van der Waals surface area contributed by atoms with Gasteiger partial charge in [-0.05, 0) is 23.8 Å². The van der Waals surface area contributed by atoms with E-state index in [-0.39, 0.29) is 5.91 Å². The van der Waals surface area contributed by atoms with Crippen molar-refractivity contribution in [2.75, 3.05) is 26.3 Å². The zero-order chi connectivity index (χ0) is 22.5. The van der Waals surface area contributed by atoms with Crippen LogP contribution < -0.4 is 0 Å². The van der Waals surface area contributed by atoms with Crippen LogP contribution in [0.25, 0.3) is 11.4 Å². The normalized spacial score (nSPS) is 14.9. The van der Waals surface area contributed by atoms with Crippen LogP contribution in [0.5, 0.6) is 0 Å². The van der Waals surface area contributed by atoms with Gasteiger partial charge in [0.1, 0.15) is 5.25 Å². The van der Waals surface area contributed by atoms with Crippen LogP contribution in [0, 0.1) is 0 Å². The van der Waals surface area contributed by atoms with E-state index in [0.717, 1.165) is 5.56 Å². The molecule has 3 aromatic rings. The summed E-state index contributed by atoms with van der Waals surface area (Å²) in [5.74, 6) is 0.628. The first kappa shape index (κ1) is 22.9. The minimum absolute atomic E-state index is 0.0312. The van der Waals surface area contributed by atoms with Crippen molar-refractivity contribution in [3.63, 3.8) is 0 Å². The zero-order valence-corrected chi connectivity index (χ0v) is 19.6. The number of ether oxygens (including phenoxy) is 1. The first-order chi connectivity index (χ1) is 15.6. The second-order valence-corrected chi connectivity index (χ2v) is 9.09. The quantitative estimate of drug-likeness (QED) is 0.340. The van der Waals surface area contributed by atoms with Gasteiger partial charge in [-0.25, -0.2) is 0 Å². The molecule has 1 fully saturated rings. The van der Waals surface area contributed by atoms with Crippen LogP contribution in [-0.2, 0) is 16.1 Å². The fourth-order valence-corrected chi connectivity index (χ4v) is 5.11. The number of allylic oxidation sites excluding steroid dienone is 1. The summed E-state index contributed by atoms with van der Waals surface area (Å²) in [6.45, 7) is 6.58. The molecule has 1 aromatic heterocycles. The molecular weight excluding hydrogens is 467 g/mol. The average Bonchev–Trinajstić information content (AvgIpc) is 3.20. The number of carbonyl (C=O) groups is 1. The van der Waals surface area contributed by atoms with Gasteiger partial charge in [-0.3, -0.25) is 9.36 Å². The van der Waals surface area contributed by atoms with Crippen LogP contribution in [0.4, 0.5) is 0 Å². The molecule has 0 saturated carbocycles. The number of amides is 1. The van der Waals surface area contributed by atoms with Gasteiger partial charge in [0.05, 0.1) is 18.2 Å². The third-order valence-electron chi connectivity index (χ3n) is 5.07. The predicted molar refractivity (Wildman–Crippen MR) is 128 cm³/mol. The zero-order valence-electron chi connectivity index (χ0n) is 17.3. The maximum Gasteiger partial charge on any atom is 0.240 e. The molecule has 1 aliphatic heterocycles. The molecule has 0 spiro atoms. The molecular formula is C23H22Cl2N4O2S. The Morgan fingerprint density at radius 3 is 2.59 bits per heavy atom. The SMILES string of the molecule is C=CCn1c(S[C@@H](C(=O)N2CCOCC2)c2ccccc2)nnc1-c1ccc(Cl)cc1Cl. The van der Waals surface area contributed by atoms with Gasteiger partial charge in [-0.2, -0.15) is 0 Å². The maximum atomic E-state index is 13.5. The molecule has 4 rings (SSSR count). The van der Waals surface area contributed by atoms with Gasteiger partial charge in [0.15, 0.2) is 11.0 Å². The Kier molecular flexibility index (Phi) is 7.52. The van der Waals surface area contributed by atoms with E-state index in [4.69, 9.17) is 27.9 Å². The first-order valence-corrected chi connectivity index (χ1v) is 11.8. The van der Waals surface area contributed by atoms with E-state index in [1.54, 1.807) is 18.2 Å². The Morgan fingerprint density at radius 2 is 1.91 bits per heavy atom. The molecule has 1 aliphatic rings. The van der Waals surface area contributed by atoms with Crippen LogP contribution in [-0.4, -0.2) is 51.9 Å². The highest BCUT2D eigenvalue weighted by Gasteiger charge is 2.30. The molecule has 0 N–H and O–H groups in total. The lowest BCUT2D eigenvalue weighted by Crippen LogP contribution is -2.42. The lowest BCUT2D eigenvalue weighted by molar-refractivity contribution is -0.134. The predicted octanol–water partition coefficient (Wildman–Crippen LogP) is 5.13. The fraction of sp³-hybridized carbons (Fsp3) is 0.261. The molecule has 6 nitrogen and oxygen atoms in total. The highest BCUT2D eigenvalue weighted by Crippen LogP contribution is 2.38. The lowest BCUT2D eigenvalue weighted by atomic mass is 10.1. The van der Waals surface area contributed by atoms with E-state index < -0.39 is 5.25 Å². The van der Waals surface area contributed by atoms with Crippen molar-refractivity contribution in [1.29, 1.82) is 0 Å². The Balaban J connectivity index is 1.71. The number of hydrogen-bond acceptors (Lipinski definition) is 5. The fourth-order valence-electron chi connectivity index (χ4n) is 3.48. The summed E-state index contributed by atoms with van der Waals surface area (Å²) in [5.41, 5.74) is 1.63. The smallest absolute Gasteiger partial charge is 0.240 e. The van der Waals surface area contributed by atoms with Crippen molar-refractivity contribution in [2.24, 2.45) is 0 Å². The summed E-state index contributed by atoms with van der Waals surface area (Å²) < 4.78 is 7.33. The summed E-state index contributed by atoms with van der Waals surface area (Å²) in [7, 11) is 0. The molecule has 2 heterocycles. The highest BCUT2D eigenvalue weighted by molar-refractivity contribution is 8.00. The van der Waals surface area contributed by atoms with Gasteiger partial charge in [-0.1, -0.05) is 71.4 Å². The molecule has 1 amide bonds. The van der Waals surface area contributed by atoms with Crippen molar-refractivity contribution in [2.45, 2.75) is 17.0 Å². The molecule has 0 unspecified atom stereocenters.